The monoisotopic (exact) mass is 378 g/mol. The number of hydrogen-bond acceptors (Lipinski definition) is 3. The van der Waals surface area contributed by atoms with E-state index in [1.807, 2.05) is 13.2 Å². The molecule has 0 amide bonds. The molecule has 0 heterocycles. The molecule has 0 radical (unpaired) electrons. The fourth-order valence-electron chi connectivity index (χ4n) is 1.51. The van der Waals surface area contributed by atoms with E-state index in [-0.39, 0.29) is 38.5 Å². The Bertz CT molecular complexity index is 238. The molecule has 2 unspecified atom stereocenters. The number of hydrogen-bond donors (Lipinski definition) is 0. The molecule has 2 atom stereocenters. The van der Waals surface area contributed by atoms with Crippen molar-refractivity contribution in [2.45, 2.75) is 19.8 Å². The van der Waals surface area contributed by atoms with Gasteiger partial charge in [-0.15, -0.1) is 5.92 Å². The van der Waals surface area contributed by atoms with E-state index in [2.05, 4.69) is 0 Å². The van der Waals surface area contributed by atoms with Crippen molar-refractivity contribution in [2.24, 2.45) is 11.8 Å². The minimum absolute atomic E-state index is 0. The van der Waals surface area contributed by atoms with E-state index < -0.39 is 5.92 Å². The minimum Gasteiger partial charge on any atom is -0.520 e. The summed E-state index contributed by atoms with van der Waals surface area (Å²) in [6, 6.07) is 0. The molecule has 15 heavy (non-hydrogen) atoms. The Hall–Kier alpha value is -0.562. The number of rotatable bonds is 2. The van der Waals surface area contributed by atoms with Crippen molar-refractivity contribution in [1.82, 2.24) is 0 Å². The molecule has 4 heteroatoms. The van der Waals surface area contributed by atoms with Crippen LogP contribution in [-0.4, -0.2) is 18.4 Å². The Morgan fingerprint density at radius 3 is 2.53 bits per heavy atom. The van der Waals surface area contributed by atoms with Crippen LogP contribution in [0.1, 0.15) is 19.8 Å². The molecule has 0 aromatic carbocycles. The third kappa shape index (κ3) is 4.65. The molecule has 82 valence electrons. The smallest absolute Gasteiger partial charge is 0.520 e. The van der Waals surface area contributed by atoms with Crippen molar-refractivity contribution in [3.05, 3.63) is 19.1 Å². The van der Waals surface area contributed by atoms with Crippen molar-refractivity contribution in [3.8, 4) is 0 Å². The maximum Gasteiger partial charge on any atom is 2.00 e. The first-order chi connectivity index (χ1) is 6.66. The van der Waals surface area contributed by atoms with Gasteiger partial charge in [0.1, 0.15) is 18.4 Å². The predicted octanol–water partition coefficient (Wildman–Crippen LogP) is 1.18. The van der Waals surface area contributed by atoms with Crippen molar-refractivity contribution in [3.63, 3.8) is 0 Å². The number of allylic oxidation sites excluding steroid dienone is 1. The third-order valence-electron chi connectivity index (χ3n) is 2.25. The summed E-state index contributed by atoms with van der Waals surface area (Å²) < 4.78 is 0. The van der Waals surface area contributed by atoms with E-state index in [1.54, 1.807) is 0 Å². The van der Waals surface area contributed by atoms with Gasteiger partial charge in [-0.2, -0.15) is 6.42 Å². The van der Waals surface area contributed by atoms with Crippen LogP contribution in [0.15, 0.2) is 6.08 Å². The second-order valence-electron chi connectivity index (χ2n) is 3.10. The fraction of sp³-hybridized carbons (Fsp3) is 0.455. The molecule has 0 saturated heterocycles. The molecule has 0 N–H and O–H groups in total. The second kappa shape index (κ2) is 8.72. The van der Waals surface area contributed by atoms with Crippen LogP contribution in [0.5, 0.6) is 0 Å². The molecule has 0 spiro atoms. The molecule has 1 saturated carbocycles. The van der Waals surface area contributed by atoms with Crippen LogP contribution in [0.3, 0.4) is 0 Å². The Morgan fingerprint density at radius 1 is 1.60 bits per heavy atom. The fourth-order valence-corrected chi connectivity index (χ4v) is 1.51. The van der Waals surface area contributed by atoms with Crippen molar-refractivity contribution in [2.75, 3.05) is 0 Å². The molecule has 1 aliphatic carbocycles. The first-order valence-corrected chi connectivity index (χ1v) is 4.38. The summed E-state index contributed by atoms with van der Waals surface area (Å²) in [5, 5.41) is 0. The van der Waals surface area contributed by atoms with Gasteiger partial charge in [0.15, 0.2) is 0 Å². The first kappa shape index (κ1) is 16.9. The Kier molecular flexibility index (Phi) is 9.80. The van der Waals surface area contributed by atoms with Gasteiger partial charge < -0.3 is 22.6 Å². The maximum atomic E-state index is 11.4. The number of Topliss-reactive ketones (excluding diaryl/α,β-unsaturated/α-hetero) is 2. The van der Waals surface area contributed by atoms with Crippen LogP contribution in [0, 0.1) is 24.8 Å². The molecule has 1 aliphatic rings. The minimum atomic E-state index is -0.417. The average molecular weight is 378 g/mol. The van der Waals surface area contributed by atoms with E-state index >= 15 is 0 Å². The normalized spacial score (nSPS) is 24.2. The van der Waals surface area contributed by atoms with E-state index in [9.17, 15) is 9.59 Å². The van der Waals surface area contributed by atoms with Gasteiger partial charge in [-0.1, -0.05) is 6.42 Å². The van der Waals surface area contributed by atoms with Gasteiger partial charge >= 0.3 is 21.1 Å². The maximum absolute atomic E-state index is 11.4. The Morgan fingerprint density at radius 2 is 2.13 bits per heavy atom. The average Bonchev–Trinajstić information content (AvgIpc) is 2.21. The van der Waals surface area contributed by atoms with Gasteiger partial charge in [-0.3, -0.25) is 10.9 Å². The number of carbonyl (C=O) groups excluding carboxylic acids is 3. The zero-order valence-electron chi connectivity index (χ0n) is 8.64. The van der Waals surface area contributed by atoms with Crippen LogP contribution in [0.4, 0.5) is 0 Å². The summed E-state index contributed by atoms with van der Waals surface area (Å²) in [5.74, 6) is -0.816. The summed E-state index contributed by atoms with van der Waals surface area (Å²) in [6.07, 6.45) is 4.67. The van der Waals surface area contributed by atoms with Gasteiger partial charge in [0, 0.05) is 0 Å². The molecule has 0 bridgehead atoms. The van der Waals surface area contributed by atoms with Crippen LogP contribution < -0.4 is 0 Å². The van der Waals surface area contributed by atoms with Gasteiger partial charge in [0.25, 0.3) is 0 Å². The summed E-state index contributed by atoms with van der Waals surface area (Å²) >= 11 is 0. The standard InChI is InChI=1S/C10H12O2.CH2O.W/c1-3-8-5-4-6-9(7(2)11)10(8)12;1-2;/h1,3,5,8-9H,4,6H2,2H3;1H2;/q-2;;+2. The molecule has 0 aliphatic heterocycles. The van der Waals surface area contributed by atoms with E-state index in [4.69, 9.17) is 11.4 Å². The van der Waals surface area contributed by atoms with Gasteiger partial charge in [-0.25, -0.2) is 0 Å². The third-order valence-corrected chi connectivity index (χ3v) is 2.25. The topological polar surface area (TPSA) is 51.2 Å². The molecule has 1 fully saturated rings. The summed E-state index contributed by atoms with van der Waals surface area (Å²) in [4.78, 5) is 30.4. The SMILES string of the molecule is C=O.[CH-]=CC1[CH-]CCC(C(C)=O)C1=O.[W+2]. The van der Waals surface area contributed by atoms with Gasteiger partial charge in [0.05, 0.1) is 5.92 Å². The number of ketones is 2. The quantitative estimate of drug-likeness (QED) is 0.536. The van der Waals surface area contributed by atoms with E-state index in [0.29, 0.717) is 6.42 Å². The van der Waals surface area contributed by atoms with Crippen molar-refractivity contribution >= 4 is 18.4 Å². The van der Waals surface area contributed by atoms with E-state index in [0.717, 1.165) is 6.42 Å². The molecular weight excluding hydrogens is 364 g/mol. The summed E-state index contributed by atoms with van der Waals surface area (Å²) in [7, 11) is 0. The molecule has 0 aromatic rings. The Balaban J connectivity index is 0. The summed E-state index contributed by atoms with van der Waals surface area (Å²) in [6.45, 7) is 8.73. The predicted molar refractivity (Wildman–Crippen MR) is 52.2 cm³/mol. The van der Waals surface area contributed by atoms with Crippen molar-refractivity contribution < 1.29 is 35.4 Å². The molecule has 3 nitrogen and oxygen atoms in total. The summed E-state index contributed by atoms with van der Waals surface area (Å²) in [5.41, 5.74) is 0. The van der Waals surface area contributed by atoms with Crippen LogP contribution in [-0.2, 0) is 35.4 Å². The largest absolute Gasteiger partial charge is 2.00 e. The van der Waals surface area contributed by atoms with Crippen LogP contribution in [0.25, 0.3) is 0 Å². The first-order valence-electron chi connectivity index (χ1n) is 4.38. The molecule has 1 rings (SSSR count). The zero-order chi connectivity index (χ0) is 11.1. The molecule has 0 aromatic heterocycles. The van der Waals surface area contributed by atoms with Gasteiger partial charge in [-0.05, 0) is 6.92 Å². The zero-order valence-corrected chi connectivity index (χ0v) is 11.6. The second-order valence-corrected chi connectivity index (χ2v) is 3.10. The van der Waals surface area contributed by atoms with Crippen LogP contribution in [0.2, 0.25) is 0 Å². The molecular formula is C11H14O3W. The van der Waals surface area contributed by atoms with Crippen molar-refractivity contribution in [1.29, 1.82) is 0 Å². The van der Waals surface area contributed by atoms with Gasteiger partial charge in [0.2, 0.25) is 0 Å². The number of carbonyl (C=O) groups is 3. The Labute approximate surface area is 105 Å². The van der Waals surface area contributed by atoms with E-state index in [1.165, 1.54) is 13.0 Å². The van der Waals surface area contributed by atoms with Crippen LogP contribution >= 0.6 is 0 Å².